The van der Waals surface area contributed by atoms with Crippen LogP contribution in [0.2, 0.25) is 0 Å². The molecule has 2 fully saturated rings. The minimum atomic E-state index is -0.843. The van der Waals surface area contributed by atoms with Crippen molar-refractivity contribution in [1.82, 2.24) is 4.90 Å². The van der Waals surface area contributed by atoms with Gasteiger partial charge in [-0.2, -0.15) is 0 Å². The van der Waals surface area contributed by atoms with E-state index in [0.717, 1.165) is 24.8 Å². The lowest BCUT2D eigenvalue weighted by atomic mass is 9.79. The van der Waals surface area contributed by atoms with Crippen LogP contribution in [0.1, 0.15) is 30.7 Å². The molecule has 1 heterocycles. The van der Waals surface area contributed by atoms with Crippen molar-refractivity contribution in [3.05, 3.63) is 35.9 Å². The van der Waals surface area contributed by atoms with Gasteiger partial charge in [0.15, 0.2) is 0 Å². The van der Waals surface area contributed by atoms with Gasteiger partial charge in [0.2, 0.25) is 0 Å². The van der Waals surface area contributed by atoms with E-state index in [0.29, 0.717) is 6.54 Å². The van der Waals surface area contributed by atoms with Crippen LogP contribution in [0.5, 0.6) is 0 Å². The molecule has 1 aliphatic heterocycles. The lowest BCUT2D eigenvalue weighted by Gasteiger charge is -2.41. The molecule has 1 aromatic rings. The molecule has 5 nitrogen and oxygen atoms in total. The standard InChI is InChI=1S/C17H21NO4/c1-22-17(8-5-9-17)16(21)18-10-13(14(11-18)15(19)20)12-6-3-2-4-7-12/h2-4,6-7,13-14H,5,8-11H2,1H3,(H,19,20). The topological polar surface area (TPSA) is 66.8 Å². The average Bonchev–Trinajstić information content (AvgIpc) is 2.93. The van der Waals surface area contributed by atoms with E-state index < -0.39 is 17.5 Å². The zero-order valence-corrected chi connectivity index (χ0v) is 12.7. The van der Waals surface area contributed by atoms with Gasteiger partial charge in [-0.15, -0.1) is 0 Å². The molecule has 1 amide bonds. The second-order valence-electron chi connectivity index (χ2n) is 6.22. The van der Waals surface area contributed by atoms with Crippen molar-refractivity contribution in [2.24, 2.45) is 5.92 Å². The van der Waals surface area contributed by atoms with Crippen molar-refractivity contribution >= 4 is 11.9 Å². The number of carbonyl (C=O) groups is 2. The summed E-state index contributed by atoms with van der Waals surface area (Å²) in [4.78, 5) is 26.0. The fourth-order valence-corrected chi connectivity index (χ4v) is 3.55. The van der Waals surface area contributed by atoms with E-state index in [1.165, 1.54) is 0 Å². The molecular weight excluding hydrogens is 282 g/mol. The molecule has 2 atom stereocenters. The average molecular weight is 303 g/mol. The highest BCUT2D eigenvalue weighted by molar-refractivity contribution is 5.87. The van der Waals surface area contributed by atoms with Crippen molar-refractivity contribution in [1.29, 1.82) is 0 Å². The lowest BCUT2D eigenvalue weighted by Crippen LogP contribution is -2.54. The Morgan fingerprint density at radius 1 is 1.23 bits per heavy atom. The highest BCUT2D eigenvalue weighted by atomic mass is 16.5. The maximum Gasteiger partial charge on any atom is 0.308 e. The van der Waals surface area contributed by atoms with Gasteiger partial charge >= 0.3 is 5.97 Å². The number of carbonyl (C=O) groups excluding carboxylic acids is 1. The molecule has 3 rings (SSSR count). The van der Waals surface area contributed by atoms with Crippen LogP contribution in [0, 0.1) is 5.92 Å². The number of carboxylic acid groups (broad SMARTS) is 1. The SMILES string of the molecule is COC1(C(=O)N2CC(C(=O)O)C(c3ccccc3)C2)CCC1. The van der Waals surface area contributed by atoms with E-state index in [1.807, 2.05) is 30.3 Å². The van der Waals surface area contributed by atoms with Gasteiger partial charge in [0.1, 0.15) is 5.60 Å². The maximum atomic E-state index is 12.7. The fraction of sp³-hybridized carbons (Fsp3) is 0.529. The Balaban J connectivity index is 1.82. The molecule has 0 aromatic heterocycles. The molecule has 2 unspecified atom stereocenters. The number of hydrogen-bond acceptors (Lipinski definition) is 3. The second kappa shape index (κ2) is 5.72. The first kappa shape index (κ1) is 15.0. The summed E-state index contributed by atoms with van der Waals surface area (Å²) < 4.78 is 5.45. The summed E-state index contributed by atoms with van der Waals surface area (Å²) in [6, 6.07) is 9.59. The third-order valence-corrected chi connectivity index (χ3v) is 5.09. The van der Waals surface area contributed by atoms with Crippen molar-refractivity contribution in [3.8, 4) is 0 Å². The maximum absolute atomic E-state index is 12.7. The molecule has 0 spiro atoms. The second-order valence-corrected chi connectivity index (χ2v) is 6.22. The minimum absolute atomic E-state index is 0.0501. The Labute approximate surface area is 129 Å². The number of benzene rings is 1. The van der Waals surface area contributed by atoms with Crippen molar-refractivity contribution < 1.29 is 19.4 Å². The number of carboxylic acids is 1. The highest BCUT2D eigenvalue weighted by Gasteiger charge is 2.50. The molecular formula is C17H21NO4. The number of nitrogens with zero attached hydrogens (tertiary/aromatic N) is 1. The van der Waals surface area contributed by atoms with Gasteiger partial charge in [0.25, 0.3) is 5.91 Å². The number of methoxy groups -OCH3 is 1. The van der Waals surface area contributed by atoms with Crippen LogP contribution < -0.4 is 0 Å². The third-order valence-electron chi connectivity index (χ3n) is 5.09. The Morgan fingerprint density at radius 3 is 2.41 bits per heavy atom. The molecule has 0 radical (unpaired) electrons. The summed E-state index contributed by atoms with van der Waals surface area (Å²) in [5.41, 5.74) is 0.263. The molecule has 1 N–H and O–H groups in total. The van der Waals surface area contributed by atoms with Gasteiger partial charge in [-0.25, -0.2) is 0 Å². The summed E-state index contributed by atoms with van der Waals surface area (Å²) in [6.07, 6.45) is 2.44. The first-order valence-electron chi connectivity index (χ1n) is 7.70. The summed E-state index contributed by atoms with van der Waals surface area (Å²) in [5, 5.41) is 9.51. The van der Waals surface area contributed by atoms with Crippen molar-refractivity contribution in [2.45, 2.75) is 30.8 Å². The Morgan fingerprint density at radius 2 is 1.91 bits per heavy atom. The number of rotatable bonds is 4. The summed E-state index contributed by atoms with van der Waals surface area (Å²) >= 11 is 0. The molecule has 5 heteroatoms. The van der Waals surface area contributed by atoms with Gasteiger partial charge in [0.05, 0.1) is 5.92 Å². The largest absolute Gasteiger partial charge is 0.481 e. The normalized spacial score (nSPS) is 26.5. The van der Waals surface area contributed by atoms with Gasteiger partial charge in [0, 0.05) is 26.1 Å². The van der Waals surface area contributed by atoms with Gasteiger partial charge in [-0.05, 0) is 24.8 Å². The lowest BCUT2D eigenvalue weighted by molar-refractivity contribution is -0.165. The Hall–Kier alpha value is -1.88. The van der Waals surface area contributed by atoms with E-state index in [4.69, 9.17) is 4.74 Å². The fourth-order valence-electron chi connectivity index (χ4n) is 3.55. The summed E-state index contributed by atoms with van der Waals surface area (Å²) in [7, 11) is 1.57. The molecule has 1 aliphatic carbocycles. The number of likely N-dealkylation sites (tertiary alicyclic amines) is 1. The number of ether oxygens (including phenoxy) is 1. The molecule has 1 saturated carbocycles. The zero-order chi connectivity index (χ0) is 15.7. The molecule has 0 bridgehead atoms. The minimum Gasteiger partial charge on any atom is -0.481 e. The highest BCUT2D eigenvalue weighted by Crippen LogP contribution is 2.40. The molecule has 1 aromatic carbocycles. The Kier molecular flexibility index (Phi) is 3.91. The van der Waals surface area contributed by atoms with Crippen LogP contribution in [-0.4, -0.2) is 47.7 Å². The first-order valence-corrected chi connectivity index (χ1v) is 7.70. The Bertz CT molecular complexity index is 562. The van der Waals surface area contributed by atoms with E-state index >= 15 is 0 Å². The predicted molar refractivity (Wildman–Crippen MR) is 80.5 cm³/mol. The van der Waals surface area contributed by atoms with Crippen LogP contribution in [0.3, 0.4) is 0 Å². The van der Waals surface area contributed by atoms with Crippen molar-refractivity contribution in [3.63, 3.8) is 0 Å². The number of hydrogen-bond donors (Lipinski definition) is 1. The van der Waals surface area contributed by atoms with E-state index in [-0.39, 0.29) is 18.4 Å². The molecule has 22 heavy (non-hydrogen) atoms. The van der Waals surface area contributed by atoms with E-state index in [9.17, 15) is 14.7 Å². The van der Waals surface area contributed by atoms with Crippen LogP contribution in [0.4, 0.5) is 0 Å². The van der Waals surface area contributed by atoms with Crippen LogP contribution in [0.15, 0.2) is 30.3 Å². The van der Waals surface area contributed by atoms with Crippen LogP contribution in [-0.2, 0) is 14.3 Å². The number of amides is 1. The predicted octanol–water partition coefficient (Wildman–Crippen LogP) is 1.88. The summed E-state index contributed by atoms with van der Waals surface area (Å²) in [6.45, 7) is 0.712. The number of aliphatic carboxylic acids is 1. The van der Waals surface area contributed by atoms with E-state index in [2.05, 4.69) is 0 Å². The molecule has 118 valence electrons. The third kappa shape index (κ3) is 2.39. The van der Waals surface area contributed by atoms with E-state index in [1.54, 1.807) is 12.0 Å². The van der Waals surface area contributed by atoms with Crippen LogP contribution in [0.25, 0.3) is 0 Å². The van der Waals surface area contributed by atoms with Gasteiger partial charge in [-0.1, -0.05) is 30.3 Å². The van der Waals surface area contributed by atoms with Gasteiger partial charge < -0.3 is 14.7 Å². The molecule has 2 aliphatic rings. The summed E-state index contributed by atoms with van der Waals surface area (Å²) in [5.74, 6) is -1.60. The zero-order valence-electron chi connectivity index (χ0n) is 12.7. The quantitative estimate of drug-likeness (QED) is 0.922. The molecule has 1 saturated heterocycles. The van der Waals surface area contributed by atoms with Crippen LogP contribution >= 0.6 is 0 Å². The first-order chi connectivity index (χ1) is 10.6. The van der Waals surface area contributed by atoms with Crippen molar-refractivity contribution in [2.75, 3.05) is 20.2 Å². The monoisotopic (exact) mass is 303 g/mol. The smallest absolute Gasteiger partial charge is 0.308 e. The van der Waals surface area contributed by atoms with Gasteiger partial charge in [-0.3, -0.25) is 9.59 Å².